The number of nitrogens with zero attached hydrogens (tertiary/aromatic N) is 4. The van der Waals surface area contributed by atoms with Crippen molar-refractivity contribution in [3.63, 3.8) is 0 Å². The number of rotatable bonds is 6. The van der Waals surface area contributed by atoms with Gasteiger partial charge in [0.05, 0.1) is 36.5 Å². The smallest absolute Gasteiger partial charge is 0.234 e. The lowest BCUT2D eigenvalue weighted by molar-refractivity contribution is -0.126. The molecule has 8 nitrogen and oxygen atoms in total. The Bertz CT molecular complexity index is 1410. The summed E-state index contributed by atoms with van der Waals surface area (Å²) in [5, 5.41) is 9.51. The van der Waals surface area contributed by atoms with E-state index in [1.807, 2.05) is 4.52 Å². The zero-order valence-electron chi connectivity index (χ0n) is 23.0. The molecule has 2 saturated heterocycles. The molecular formula is C29H38N6O2S. The third-order valence-corrected chi connectivity index (χ3v) is 11.3. The SMILES string of the molecule is Cc1c(-c2[nH]c3c(c2C(C)C)C(C)C([C@@H]2CC4CC2CN4CC(=O)NC2COC2)S3)cn2ncnc2c1C. The van der Waals surface area contributed by atoms with Crippen molar-refractivity contribution in [1.82, 2.24) is 29.8 Å². The number of ether oxygens (including phenoxy) is 1. The zero-order chi connectivity index (χ0) is 26.3. The molecule has 3 fully saturated rings. The average Bonchev–Trinajstić information content (AvgIpc) is 3.65. The van der Waals surface area contributed by atoms with Crippen molar-refractivity contribution in [2.45, 2.75) is 81.7 Å². The topological polar surface area (TPSA) is 87.5 Å². The molecule has 3 aromatic heterocycles. The van der Waals surface area contributed by atoms with E-state index < -0.39 is 0 Å². The van der Waals surface area contributed by atoms with Crippen molar-refractivity contribution in [2.24, 2.45) is 11.8 Å². The maximum absolute atomic E-state index is 12.5. The Kier molecular flexibility index (Phi) is 5.91. The van der Waals surface area contributed by atoms with Crippen molar-refractivity contribution in [3.8, 4) is 11.3 Å². The third-order valence-electron chi connectivity index (χ3n) is 9.70. The van der Waals surface area contributed by atoms with Crippen LogP contribution in [0.4, 0.5) is 0 Å². The van der Waals surface area contributed by atoms with Gasteiger partial charge in [0.25, 0.3) is 0 Å². The lowest BCUT2D eigenvalue weighted by Gasteiger charge is -2.36. The highest BCUT2D eigenvalue weighted by Gasteiger charge is 2.51. The fourth-order valence-electron chi connectivity index (χ4n) is 7.64. The minimum Gasteiger partial charge on any atom is -0.377 e. The predicted octanol–water partition coefficient (Wildman–Crippen LogP) is 4.27. The zero-order valence-corrected chi connectivity index (χ0v) is 23.8. The molecule has 0 radical (unpaired) electrons. The Balaban J connectivity index is 1.11. The second-order valence-corrected chi connectivity index (χ2v) is 13.5. The van der Waals surface area contributed by atoms with Crippen LogP contribution in [0.1, 0.15) is 67.7 Å². The van der Waals surface area contributed by atoms with Crippen LogP contribution in [0.15, 0.2) is 17.6 Å². The molecule has 0 aromatic carbocycles. The molecule has 4 unspecified atom stereocenters. The minimum atomic E-state index is 0.157. The quantitative estimate of drug-likeness (QED) is 0.491. The van der Waals surface area contributed by atoms with E-state index in [0.717, 1.165) is 12.2 Å². The molecule has 9 heteroatoms. The fraction of sp³-hybridized carbons (Fsp3) is 0.621. The van der Waals surface area contributed by atoms with Crippen LogP contribution in [0.2, 0.25) is 0 Å². The molecule has 3 aliphatic heterocycles. The first-order valence-electron chi connectivity index (χ1n) is 14.1. The Morgan fingerprint density at radius 2 is 2.08 bits per heavy atom. The van der Waals surface area contributed by atoms with Gasteiger partial charge in [-0.1, -0.05) is 20.8 Å². The van der Waals surface area contributed by atoms with Gasteiger partial charge >= 0.3 is 0 Å². The molecule has 1 aliphatic carbocycles. The molecule has 5 atom stereocenters. The Morgan fingerprint density at radius 3 is 2.76 bits per heavy atom. The maximum atomic E-state index is 12.5. The summed E-state index contributed by atoms with van der Waals surface area (Å²) < 4.78 is 7.11. The van der Waals surface area contributed by atoms with Gasteiger partial charge in [-0.3, -0.25) is 9.69 Å². The van der Waals surface area contributed by atoms with Gasteiger partial charge in [0, 0.05) is 29.6 Å². The number of piperidine rings is 1. The van der Waals surface area contributed by atoms with Gasteiger partial charge < -0.3 is 15.0 Å². The highest BCUT2D eigenvalue weighted by atomic mass is 32.2. The molecular weight excluding hydrogens is 496 g/mol. The Morgan fingerprint density at radius 1 is 1.26 bits per heavy atom. The molecule has 2 N–H and O–H groups in total. The van der Waals surface area contributed by atoms with Gasteiger partial charge in [-0.25, -0.2) is 9.50 Å². The van der Waals surface area contributed by atoms with Gasteiger partial charge in [0.15, 0.2) is 5.65 Å². The molecule has 38 heavy (non-hydrogen) atoms. The monoisotopic (exact) mass is 534 g/mol. The van der Waals surface area contributed by atoms with Gasteiger partial charge in [-0.15, -0.1) is 11.8 Å². The number of carbonyl (C=O) groups excluding carboxylic acids is 1. The number of hydrogen-bond acceptors (Lipinski definition) is 6. The number of likely N-dealkylation sites (tertiary alicyclic amines) is 1. The summed E-state index contributed by atoms with van der Waals surface area (Å²) in [6.45, 7) is 14.3. The highest BCUT2D eigenvalue weighted by Crippen LogP contribution is 2.58. The average molecular weight is 535 g/mol. The van der Waals surface area contributed by atoms with E-state index in [2.05, 4.69) is 77.9 Å². The van der Waals surface area contributed by atoms with Gasteiger partial charge in [0.2, 0.25) is 5.91 Å². The number of aromatic amines is 1. The first kappa shape index (κ1) is 24.7. The van der Waals surface area contributed by atoms with Crippen LogP contribution in [-0.2, 0) is 9.53 Å². The molecule has 1 saturated carbocycles. The second kappa shape index (κ2) is 9.10. The van der Waals surface area contributed by atoms with Crippen LogP contribution >= 0.6 is 11.8 Å². The normalized spacial score (nSPS) is 28.9. The molecule has 3 aromatic rings. The molecule has 1 amide bonds. The molecule has 202 valence electrons. The summed E-state index contributed by atoms with van der Waals surface area (Å²) in [6.07, 6.45) is 6.23. The van der Waals surface area contributed by atoms with E-state index in [-0.39, 0.29) is 11.9 Å². The van der Waals surface area contributed by atoms with Crippen LogP contribution < -0.4 is 5.32 Å². The second-order valence-electron chi connectivity index (χ2n) is 12.3. The van der Waals surface area contributed by atoms with E-state index >= 15 is 0 Å². The fourth-order valence-corrected chi connectivity index (χ4v) is 9.34. The Hall–Kier alpha value is -2.36. The molecule has 7 rings (SSSR count). The summed E-state index contributed by atoms with van der Waals surface area (Å²) in [5.41, 5.74) is 8.85. The number of amides is 1. The number of carbonyl (C=O) groups is 1. The molecule has 2 bridgehead atoms. The van der Waals surface area contributed by atoms with E-state index in [1.54, 1.807) is 6.33 Å². The van der Waals surface area contributed by atoms with Crippen molar-refractivity contribution < 1.29 is 9.53 Å². The summed E-state index contributed by atoms with van der Waals surface area (Å²) in [5.74, 6) is 2.48. The number of nitrogens with one attached hydrogen (secondary N) is 2. The van der Waals surface area contributed by atoms with Crippen molar-refractivity contribution in [2.75, 3.05) is 26.3 Å². The van der Waals surface area contributed by atoms with Crippen LogP contribution in [0.25, 0.3) is 16.9 Å². The summed E-state index contributed by atoms with van der Waals surface area (Å²) in [7, 11) is 0. The van der Waals surface area contributed by atoms with E-state index in [1.165, 1.54) is 51.4 Å². The summed E-state index contributed by atoms with van der Waals surface area (Å²) >= 11 is 2.08. The van der Waals surface area contributed by atoms with Crippen LogP contribution in [0.3, 0.4) is 0 Å². The third kappa shape index (κ3) is 3.76. The first-order valence-corrected chi connectivity index (χ1v) is 15.0. The predicted molar refractivity (Wildman–Crippen MR) is 149 cm³/mol. The lowest BCUT2D eigenvalue weighted by Crippen LogP contribution is -2.52. The maximum Gasteiger partial charge on any atom is 0.234 e. The molecule has 6 heterocycles. The number of pyridine rings is 1. The van der Waals surface area contributed by atoms with Crippen LogP contribution in [0.5, 0.6) is 0 Å². The minimum absolute atomic E-state index is 0.157. The summed E-state index contributed by atoms with van der Waals surface area (Å²) in [6, 6.07) is 0.756. The number of thioether (sulfide) groups is 1. The Labute approximate surface area is 228 Å². The lowest BCUT2D eigenvalue weighted by atomic mass is 9.81. The van der Waals surface area contributed by atoms with Crippen LogP contribution in [-0.4, -0.2) is 74.0 Å². The molecule has 4 aliphatic rings. The van der Waals surface area contributed by atoms with Crippen molar-refractivity contribution in [3.05, 3.63) is 34.8 Å². The van der Waals surface area contributed by atoms with Crippen LogP contribution in [0, 0.1) is 25.7 Å². The van der Waals surface area contributed by atoms with E-state index in [0.29, 0.717) is 54.7 Å². The molecule has 0 spiro atoms. The largest absolute Gasteiger partial charge is 0.377 e. The van der Waals surface area contributed by atoms with Crippen molar-refractivity contribution >= 4 is 23.3 Å². The standard InChI is InChI=1S/C29H38N6O2S/c1-14(2)24-25-17(5)27(21-7-20-6-18(21)8-34(20)10-23(36)32-19-11-37-12-19)38-29(25)33-26(24)22-9-35-28(30-13-31-35)16(4)15(22)3/h9,13-14,17-21,27,33H,6-8,10-12H2,1-5H3,(H,32,36)/t17?,18?,20?,21-,27?/m1/s1. The van der Waals surface area contributed by atoms with Gasteiger partial charge in [0.1, 0.15) is 6.33 Å². The number of H-pyrrole nitrogens is 1. The van der Waals surface area contributed by atoms with E-state index in [4.69, 9.17) is 4.74 Å². The van der Waals surface area contributed by atoms with Gasteiger partial charge in [-0.2, -0.15) is 5.10 Å². The highest BCUT2D eigenvalue weighted by molar-refractivity contribution is 8.00. The summed E-state index contributed by atoms with van der Waals surface area (Å²) in [4.78, 5) is 23.3. The number of fused-ring (bicyclic) bond motifs is 4. The van der Waals surface area contributed by atoms with Gasteiger partial charge in [-0.05, 0) is 72.6 Å². The van der Waals surface area contributed by atoms with Crippen molar-refractivity contribution in [1.29, 1.82) is 0 Å². The number of aryl methyl sites for hydroxylation is 1. The first-order chi connectivity index (χ1) is 18.3. The van der Waals surface area contributed by atoms with E-state index in [9.17, 15) is 4.79 Å². The number of aromatic nitrogens is 4. The number of hydrogen-bond donors (Lipinski definition) is 2.